The third kappa shape index (κ3) is 4.28. The van der Waals surface area contributed by atoms with E-state index in [1.54, 1.807) is 0 Å². The predicted octanol–water partition coefficient (Wildman–Crippen LogP) is 1.04. The van der Waals surface area contributed by atoms with Crippen LogP contribution in [0.3, 0.4) is 0 Å². The molecule has 0 aromatic heterocycles. The van der Waals surface area contributed by atoms with Crippen molar-refractivity contribution in [2.75, 3.05) is 45.8 Å². The number of nitrogens with zero attached hydrogens (tertiary/aromatic N) is 2. The number of hydrogen-bond acceptors (Lipinski definition) is 4. The van der Waals surface area contributed by atoms with Gasteiger partial charge in [0.1, 0.15) is 0 Å². The molecule has 4 heteroatoms. The van der Waals surface area contributed by atoms with Crippen molar-refractivity contribution in [1.29, 1.82) is 0 Å². The number of benzene rings is 1. The van der Waals surface area contributed by atoms with E-state index in [1.807, 2.05) is 0 Å². The third-order valence-electron chi connectivity index (χ3n) is 4.09. The van der Waals surface area contributed by atoms with Gasteiger partial charge >= 0.3 is 0 Å². The molecule has 1 unspecified atom stereocenters. The van der Waals surface area contributed by atoms with Crippen molar-refractivity contribution in [3.8, 4) is 0 Å². The Morgan fingerprint density at radius 3 is 2.35 bits per heavy atom. The van der Waals surface area contributed by atoms with Crippen molar-refractivity contribution in [2.45, 2.75) is 18.9 Å². The van der Waals surface area contributed by atoms with Gasteiger partial charge in [0, 0.05) is 32.2 Å². The minimum atomic E-state index is 0.495. The summed E-state index contributed by atoms with van der Waals surface area (Å²) in [5.74, 6) is 0. The molecule has 0 spiro atoms. The Balaban J connectivity index is 2.02. The van der Waals surface area contributed by atoms with Crippen molar-refractivity contribution < 1.29 is 0 Å². The molecule has 4 N–H and O–H groups in total. The molecule has 112 valence electrons. The largest absolute Gasteiger partial charge is 0.330 e. The minimum Gasteiger partial charge on any atom is -0.330 e. The minimum absolute atomic E-state index is 0.495. The lowest BCUT2D eigenvalue weighted by Crippen LogP contribution is -2.49. The molecule has 1 aromatic carbocycles. The molecule has 0 saturated carbocycles. The number of rotatable bonds is 7. The molecule has 1 saturated heterocycles. The van der Waals surface area contributed by atoms with Crippen molar-refractivity contribution in [2.24, 2.45) is 11.5 Å². The fourth-order valence-corrected chi connectivity index (χ4v) is 2.95. The summed E-state index contributed by atoms with van der Waals surface area (Å²) in [7, 11) is 0. The van der Waals surface area contributed by atoms with Crippen molar-refractivity contribution in [1.82, 2.24) is 9.80 Å². The van der Waals surface area contributed by atoms with E-state index in [2.05, 4.69) is 40.1 Å². The molecule has 20 heavy (non-hydrogen) atoms. The molecule has 1 aliphatic rings. The second-order valence-corrected chi connectivity index (χ2v) is 5.55. The summed E-state index contributed by atoms with van der Waals surface area (Å²) in [6.07, 6.45) is 2.16. The predicted molar refractivity (Wildman–Crippen MR) is 84.5 cm³/mol. The average Bonchev–Trinajstić information content (AvgIpc) is 2.52. The smallest absolute Gasteiger partial charge is 0.0475 e. The van der Waals surface area contributed by atoms with E-state index < -0.39 is 0 Å². The van der Waals surface area contributed by atoms with Crippen molar-refractivity contribution >= 4 is 0 Å². The van der Waals surface area contributed by atoms with Crippen molar-refractivity contribution in [3.63, 3.8) is 0 Å². The lowest BCUT2D eigenvalue weighted by Gasteiger charge is -2.42. The maximum Gasteiger partial charge on any atom is 0.0475 e. The van der Waals surface area contributed by atoms with Gasteiger partial charge < -0.3 is 16.4 Å². The van der Waals surface area contributed by atoms with Gasteiger partial charge in [-0.15, -0.1) is 0 Å². The first-order chi connectivity index (χ1) is 9.85. The summed E-state index contributed by atoms with van der Waals surface area (Å²) in [4.78, 5) is 5.13. The molecule has 1 aromatic rings. The topological polar surface area (TPSA) is 58.5 Å². The molecular formula is C16H28N4. The van der Waals surface area contributed by atoms with E-state index in [-0.39, 0.29) is 0 Å². The van der Waals surface area contributed by atoms with Crippen LogP contribution in [0.25, 0.3) is 0 Å². The normalized spacial score (nSPS) is 21.2. The third-order valence-corrected chi connectivity index (χ3v) is 4.09. The highest BCUT2D eigenvalue weighted by Crippen LogP contribution is 2.25. The van der Waals surface area contributed by atoms with E-state index in [4.69, 9.17) is 11.5 Å². The maximum absolute atomic E-state index is 5.67. The summed E-state index contributed by atoms with van der Waals surface area (Å²) in [5.41, 5.74) is 12.7. The molecular weight excluding hydrogens is 248 g/mol. The van der Waals surface area contributed by atoms with Gasteiger partial charge in [-0.1, -0.05) is 30.3 Å². The summed E-state index contributed by atoms with van der Waals surface area (Å²) in [6, 6.07) is 11.3. The van der Waals surface area contributed by atoms with Gasteiger partial charge in [0.15, 0.2) is 0 Å². The Kier molecular flexibility index (Phi) is 6.47. The van der Waals surface area contributed by atoms with E-state index in [0.717, 1.165) is 58.7 Å². The molecule has 1 fully saturated rings. The average molecular weight is 276 g/mol. The van der Waals surface area contributed by atoms with Crippen LogP contribution in [-0.4, -0.2) is 55.6 Å². The highest BCUT2D eigenvalue weighted by atomic mass is 15.3. The summed E-state index contributed by atoms with van der Waals surface area (Å²) >= 11 is 0. The van der Waals surface area contributed by atoms with Crippen LogP contribution in [0, 0.1) is 0 Å². The highest BCUT2D eigenvalue weighted by Gasteiger charge is 2.27. The standard InChI is InChI=1S/C16H28N4/c17-8-4-10-19-12-13-20(11-5-9-18)16(14-19)15-6-2-1-3-7-15/h1-3,6-7,16H,4-5,8-14,17-18H2. The fraction of sp³-hybridized carbons (Fsp3) is 0.625. The molecule has 2 rings (SSSR count). The van der Waals surface area contributed by atoms with Crippen LogP contribution >= 0.6 is 0 Å². The Morgan fingerprint density at radius 2 is 1.65 bits per heavy atom. The van der Waals surface area contributed by atoms with Crippen LogP contribution < -0.4 is 11.5 Å². The fourth-order valence-electron chi connectivity index (χ4n) is 2.95. The van der Waals surface area contributed by atoms with E-state index in [0.29, 0.717) is 6.04 Å². The zero-order valence-corrected chi connectivity index (χ0v) is 12.4. The van der Waals surface area contributed by atoms with Crippen LogP contribution in [0.4, 0.5) is 0 Å². The lowest BCUT2D eigenvalue weighted by atomic mass is 10.0. The molecule has 0 bridgehead atoms. The summed E-state index contributed by atoms with van der Waals surface area (Å²) in [6.45, 7) is 7.15. The second kappa shape index (κ2) is 8.37. The van der Waals surface area contributed by atoms with Crippen molar-refractivity contribution in [3.05, 3.63) is 35.9 Å². The Hall–Kier alpha value is -0.940. The second-order valence-electron chi connectivity index (χ2n) is 5.55. The molecule has 1 atom stereocenters. The lowest BCUT2D eigenvalue weighted by molar-refractivity contribution is 0.0732. The van der Waals surface area contributed by atoms with E-state index in [9.17, 15) is 0 Å². The van der Waals surface area contributed by atoms with Crippen LogP contribution in [-0.2, 0) is 0 Å². The van der Waals surface area contributed by atoms with Gasteiger partial charge in [-0.2, -0.15) is 0 Å². The highest BCUT2D eigenvalue weighted by molar-refractivity contribution is 5.20. The molecule has 1 heterocycles. The van der Waals surface area contributed by atoms with E-state index in [1.165, 1.54) is 5.56 Å². The molecule has 0 aliphatic carbocycles. The summed E-state index contributed by atoms with van der Waals surface area (Å²) in [5, 5.41) is 0. The van der Waals surface area contributed by atoms with Crippen LogP contribution in [0.2, 0.25) is 0 Å². The SMILES string of the molecule is NCCCN1CCN(CCCN)C(c2ccccc2)C1. The zero-order valence-electron chi connectivity index (χ0n) is 12.4. The van der Waals surface area contributed by atoms with Gasteiger partial charge in [-0.05, 0) is 38.0 Å². The summed E-state index contributed by atoms with van der Waals surface area (Å²) < 4.78 is 0. The van der Waals surface area contributed by atoms with Crippen LogP contribution in [0.15, 0.2) is 30.3 Å². The van der Waals surface area contributed by atoms with Crippen LogP contribution in [0.1, 0.15) is 24.4 Å². The molecule has 1 aliphatic heterocycles. The first-order valence-electron chi connectivity index (χ1n) is 7.76. The molecule has 0 amide bonds. The number of piperazine rings is 1. The van der Waals surface area contributed by atoms with Crippen LogP contribution in [0.5, 0.6) is 0 Å². The monoisotopic (exact) mass is 276 g/mol. The Labute approximate surface area is 122 Å². The van der Waals surface area contributed by atoms with Gasteiger partial charge in [-0.25, -0.2) is 0 Å². The zero-order chi connectivity index (χ0) is 14.2. The quantitative estimate of drug-likeness (QED) is 0.781. The van der Waals surface area contributed by atoms with Gasteiger partial charge in [0.25, 0.3) is 0 Å². The van der Waals surface area contributed by atoms with Gasteiger partial charge in [-0.3, -0.25) is 4.90 Å². The first kappa shape index (κ1) is 15.4. The number of nitrogens with two attached hydrogens (primary N) is 2. The first-order valence-corrected chi connectivity index (χ1v) is 7.76. The maximum atomic E-state index is 5.67. The Morgan fingerprint density at radius 1 is 0.950 bits per heavy atom. The van der Waals surface area contributed by atoms with Gasteiger partial charge in [0.05, 0.1) is 0 Å². The number of hydrogen-bond donors (Lipinski definition) is 2. The van der Waals surface area contributed by atoms with Gasteiger partial charge in [0.2, 0.25) is 0 Å². The molecule has 0 radical (unpaired) electrons. The Bertz CT molecular complexity index is 368. The van der Waals surface area contributed by atoms with E-state index >= 15 is 0 Å². The molecule has 4 nitrogen and oxygen atoms in total.